The lowest BCUT2D eigenvalue weighted by Crippen LogP contribution is -2.56. The van der Waals surface area contributed by atoms with Gasteiger partial charge in [-0.1, -0.05) is 19.9 Å². The molecule has 1 heterocycles. The quantitative estimate of drug-likeness (QED) is 0.698. The number of piperidine rings is 1. The standard InChI is InChI=1S/C14H19NO/c1-9-13-8-10-7-11(16)3-4-12(10)14(9,2)5-6-15-13/h3-4,7,9,13,15-16H,5-6,8H2,1-2H3/t9-,13+,14+/m1/s1. The first-order chi connectivity index (χ1) is 7.61. The van der Waals surface area contributed by atoms with Gasteiger partial charge in [0.05, 0.1) is 0 Å². The Kier molecular flexibility index (Phi) is 2.05. The first kappa shape index (κ1) is 10.2. The Morgan fingerprint density at radius 3 is 3.06 bits per heavy atom. The van der Waals surface area contributed by atoms with Crippen LogP contribution in [0.25, 0.3) is 0 Å². The van der Waals surface area contributed by atoms with Crippen molar-refractivity contribution in [1.29, 1.82) is 0 Å². The van der Waals surface area contributed by atoms with Crippen LogP contribution in [0.5, 0.6) is 5.75 Å². The second kappa shape index (κ2) is 3.24. The maximum atomic E-state index is 9.58. The number of benzene rings is 1. The number of aromatic hydroxyl groups is 1. The lowest BCUT2D eigenvalue weighted by molar-refractivity contribution is 0.158. The number of fused-ring (bicyclic) bond motifs is 4. The Morgan fingerprint density at radius 1 is 1.44 bits per heavy atom. The molecule has 0 amide bonds. The topological polar surface area (TPSA) is 32.3 Å². The predicted molar refractivity (Wildman–Crippen MR) is 64.7 cm³/mol. The van der Waals surface area contributed by atoms with Crippen LogP contribution in [0.1, 0.15) is 31.4 Å². The summed E-state index contributed by atoms with van der Waals surface area (Å²) >= 11 is 0. The number of phenolic OH excluding ortho intramolecular Hbond substituents is 1. The minimum atomic E-state index is 0.289. The predicted octanol–water partition coefficient (Wildman–Crippen LogP) is 2.20. The zero-order valence-electron chi connectivity index (χ0n) is 9.96. The highest BCUT2D eigenvalue weighted by atomic mass is 16.3. The van der Waals surface area contributed by atoms with Crippen molar-refractivity contribution < 1.29 is 5.11 Å². The van der Waals surface area contributed by atoms with E-state index in [9.17, 15) is 5.11 Å². The Balaban J connectivity index is 2.17. The van der Waals surface area contributed by atoms with Crippen molar-refractivity contribution in [3.63, 3.8) is 0 Å². The molecule has 86 valence electrons. The van der Waals surface area contributed by atoms with Crippen LogP contribution in [0.3, 0.4) is 0 Å². The van der Waals surface area contributed by atoms with E-state index in [0.717, 1.165) is 13.0 Å². The number of hydrogen-bond acceptors (Lipinski definition) is 2. The molecular weight excluding hydrogens is 198 g/mol. The summed E-state index contributed by atoms with van der Waals surface area (Å²) < 4.78 is 0. The monoisotopic (exact) mass is 217 g/mol. The normalized spacial score (nSPS) is 36.9. The van der Waals surface area contributed by atoms with Crippen molar-refractivity contribution in [3.05, 3.63) is 29.3 Å². The summed E-state index contributed by atoms with van der Waals surface area (Å²) in [5.74, 6) is 1.08. The molecule has 0 radical (unpaired) electrons. The van der Waals surface area contributed by atoms with Gasteiger partial charge in [-0.05, 0) is 54.0 Å². The second-order valence-corrected chi connectivity index (χ2v) is 5.56. The molecule has 0 aromatic heterocycles. The number of nitrogens with one attached hydrogen (secondary N) is 1. The van der Waals surface area contributed by atoms with Crippen LogP contribution in [-0.2, 0) is 11.8 Å². The van der Waals surface area contributed by atoms with E-state index in [1.165, 1.54) is 17.5 Å². The molecule has 2 heteroatoms. The second-order valence-electron chi connectivity index (χ2n) is 5.56. The molecule has 2 aliphatic rings. The molecule has 16 heavy (non-hydrogen) atoms. The van der Waals surface area contributed by atoms with E-state index < -0.39 is 0 Å². The molecule has 0 spiro atoms. The fraction of sp³-hybridized carbons (Fsp3) is 0.571. The zero-order valence-corrected chi connectivity index (χ0v) is 9.96. The Bertz CT molecular complexity index is 429. The number of phenols is 1. The van der Waals surface area contributed by atoms with Crippen LogP contribution in [0, 0.1) is 5.92 Å². The molecule has 3 atom stereocenters. The maximum Gasteiger partial charge on any atom is 0.115 e. The van der Waals surface area contributed by atoms with Crippen molar-refractivity contribution in [3.8, 4) is 5.75 Å². The van der Waals surface area contributed by atoms with E-state index in [2.05, 4.69) is 25.2 Å². The highest BCUT2D eigenvalue weighted by Gasteiger charge is 2.45. The van der Waals surface area contributed by atoms with Gasteiger partial charge in [-0.2, -0.15) is 0 Å². The average Bonchev–Trinajstić information content (AvgIpc) is 2.22. The summed E-state index contributed by atoms with van der Waals surface area (Å²) in [7, 11) is 0. The molecule has 2 N–H and O–H groups in total. The Hall–Kier alpha value is -1.02. The van der Waals surface area contributed by atoms with Crippen LogP contribution < -0.4 is 5.32 Å². The minimum Gasteiger partial charge on any atom is -0.508 e. The van der Waals surface area contributed by atoms with E-state index in [1.54, 1.807) is 0 Å². The van der Waals surface area contributed by atoms with E-state index in [-0.39, 0.29) is 5.41 Å². The van der Waals surface area contributed by atoms with E-state index in [1.807, 2.05) is 12.1 Å². The minimum absolute atomic E-state index is 0.289. The van der Waals surface area contributed by atoms with Crippen molar-refractivity contribution >= 4 is 0 Å². The van der Waals surface area contributed by atoms with Crippen molar-refractivity contribution in [2.45, 2.75) is 38.1 Å². The van der Waals surface area contributed by atoms with Crippen LogP contribution in [-0.4, -0.2) is 17.7 Å². The third-order valence-electron chi connectivity index (χ3n) is 4.80. The van der Waals surface area contributed by atoms with Gasteiger partial charge in [0.25, 0.3) is 0 Å². The number of rotatable bonds is 0. The highest BCUT2D eigenvalue weighted by molar-refractivity contribution is 5.43. The number of hydrogen-bond donors (Lipinski definition) is 2. The summed E-state index contributed by atoms with van der Waals surface area (Å²) in [4.78, 5) is 0. The Morgan fingerprint density at radius 2 is 2.25 bits per heavy atom. The molecule has 2 bridgehead atoms. The molecular formula is C14H19NO. The van der Waals surface area contributed by atoms with Crippen LogP contribution >= 0.6 is 0 Å². The molecule has 3 rings (SSSR count). The summed E-state index contributed by atoms with van der Waals surface area (Å²) in [6.07, 6.45) is 2.25. The lowest BCUT2D eigenvalue weighted by Gasteiger charge is -2.50. The van der Waals surface area contributed by atoms with Gasteiger partial charge < -0.3 is 10.4 Å². The summed E-state index contributed by atoms with van der Waals surface area (Å²) in [6.45, 7) is 5.85. The van der Waals surface area contributed by atoms with E-state index >= 15 is 0 Å². The van der Waals surface area contributed by atoms with Gasteiger partial charge in [0.15, 0.2) is 0 Å². The smallest absolute Gasteiger partial charge is 0.115 e. The SMILES string of the molecule is C[C@@H]1[C@@H]2Cc3cc(O)ccc3[C@@]1(C)CCN2. The van der Waals surface area contributed by atoms with Gasteiger partial charge in [-0.15, -0.1) is 0 Å². The maximum absolute atomic E-state index is 9.58. The first-order valence-corrected chi connectivity index (χ1v) is 6.17. The fourth-order valence-electron chi connectivity index (χ4n) is 3.54. The lowest BCUT2D eigenvalue weighted by atomic mass is 9.59. The van der Waals surface area contributed by atoms with Crippen molar-refractivity contribution in [2.24, 2.45) is 5.92 Å². The van der Waals surface area contributed by atoms with Crippen LogP contribution in [0.15, 0.2) is 18.2 Å². The first-order valence-electron chi connectivity index (χ1n) is 6.17. The highest BCUT2D eigenvalue weighted by Crippen LogP contribution is 2.46. The van der Waals surface area contributed by atoms with Gasteiger partial charge in [0.1, 0.15) is 5.75 Å². The molecule has 1 saturated heterocycles. The fourth-order valence-corrected chi connectivity index (χ4v) is 3.54. The largest absolute Gasteiger partial charge is 0.508 e. The molecule has 1 aliphatic carbocycles. The van der Waals surface area contributed by atoms with Gasteiger partial charge in [-0.25, -0.2) is 0 Å². The van der Waals surface area contributed by atoms with Gasteiger partial charge in [0, 0.05) is 6.04 Å². The third kappa shape index (κ3) is 1.23. The average molecular weight is 217 g/mol. The molecule has 1 aromatic rings. The molecule has 1 fully saturated rings. The van der Waals surface area contributed by atoms with E-state index in [0.29, 0.717) is 17.7 Å². The van der Waals surface area contributed by atoms with Gasteiger partial charge in [-0.3, -0.25) is 0 Å². The van der Waals surface area contributed by atoms with Crippen molar-refractivity contribution in [1.82, 2.24) is 5.32 Å². The van der Waals surface area contributed by atoms with Crippen LogP contribution in [0.2, 0.25) is 0 Å². The van der Waals surface area contributed by atoms with Crippen LogP contribution in [0.4, 0.5) is 0 Å². The van der Waals surface area contributed by atoms with Gasteiger partial charge in [0.2, 0.25) is 0 Å². The summed E-state index contributed by atoms with van der Waals surface area (Å²) in [5, 5.41) is 13.2. The zero-order chi connectivity index (χ0) is 11.3. The summed E-state index contributed by atoms with van der Waals surface area (Å²) in [5.41, 5.74) is 3.07. The molecule has 2 nitrogen and oxygen atoms in total. The van der Waals surface area contributed by atoms with E-state index in [4.69, 9.17) is 0 Å². The molecule has 1 aliphatic heterocycles. The summed E-state index contributed by atoms with van der Waals surface area (Å²) in [6, 6.07) is 6.48. The molecule has 0 unspecified atom stereocenters. The third-order valence-corrected chi connectivity index (χ3v) is 4.80. The van der Waals surface area contributed by atoms with Gasteiger partial charge >= 0.3 is 0 Å². The molecule has 0 saturated carbocycles. The Labute approximate surface area is 96.7 Å². The van der Waals surface area contributed by atoms with Crippen molar-refractivity contribution in [2.75, 3.05) is 6.54 Å². The molecule has 1 aromatic carbocycles.